The van der Waals surface area contributed by atoms with Gasteiger partial charge in [-0.2, -0.15) is 0 Å². The van der Waals surface area contributed by atoms with E-state index in [4.69, 9.17) is 14.2 Å². The Morgan fingerprint density at radius 3 is 2.12 bits per heavy atom. The molecule has 0 aliphatic rings. The summed E-state index contributed by atoms with van der Waals surface area (Å²) in [5.41, 5.74) is 0.835. The Morgan fingerprint density at radius 1 is 0.912 bits per heavy atom. The van der Waals surface area contributed by atoms with Gasteiger partial charge in [0.05, 0.1) is 19.8 Å². The third kappa shape index (κ3) is 8.10. The maximum Gasteiger partial charge on any atom is 0.513 e. The molecule has 0 saturated heterocycles. The molecule has 11 nitrogen and oxygen atoms in total. The van der Waals surface area contributed by atoms with Crippen molar-refractivity contribution in [3.8, 4) is 11.5 Å². The number of ether oxygens (including phenoxy) is 5. The van der Waals surface area contributed by atoms with E-state index < -0.39 is 36.4 Å². The standard InChI is InChI=1S/C23H25NO10/c1-14(32-21(27)16-7-5-4-6-8-16)13-24-17(20(25)26)11-15-9-10-18(33-22(28)30-2)19(12-15)34-23(29)31-3/h4-10,12,14,17,24H,11,13H2,1-3H3,(H,25,26)/t14?,17-/m0/s1. The summed E-state index contributed by atoms with van der Waals surface area (Å²) >= 11 is 0. The highest BCUT2D eigenvalue weighted by molar-refractivity contribution is 5.89. The van der Waals surface area contributed by atoms with E-state index in [9.17, 15) is 24.3 Å². The molecule has 0 fully saturated rings. The molecule has 2 aromatic rings. The minimum atomic E-state index is -1.15. The average molecular weight is 475 g/mol. The van der Waals surface area contributed by atoms with Crippen molar-refractivity contribution in [1.29, 1.82) is 0 Å². The zero-order chi connectivity index (χ0) is 25.1. The molecule has 34 heavy (non-hydrogen) atoms. The highest BCUT2D eigenvalue weighted by Gasteiger charge is 2.22. The molecule has 0 aliphatic heterocycles. The SMILES string of the molecule is COC(=O)Oc1ccc(C[C@H](NCC(C)OC(=O)c2ccccc2)C(=O)O)cc1OC(=O)OC. The number of hydrogen-bond acceptors (Lipinski definition) is 10. The Hall–Kier alpha value is -4.12. The third-order valence-electron chi connectivity index (χ3n) is 4.44. The maximum absolute atomic E-state index is 12.1. The fourth-order valence-corrected chi connectivity index (χ4v) is 2.76. The first-order valence-electron chi connectivity index (χ1n) is 10.1. The zero-order valence-corrected chi connectivity index (χ0v) is 18.8. The minimum Gasteiger partial charge on any atom is -0.480 e. The van der Waals surface area contributed by atoms with Crippen LogP contribution in [0.1, 0.15) is 22.8 Å². The van der Waals surface area contributed by atoms with Crippen LogP contribution in [0.5, 0.6) is 11.5 Å². The van der Waals surface area contributed by atoms with E-state index in [1.165, 1.54) is 18.2 Å². The number of methoxy groups -OCH3 is 2. The predicted molar refractivity (Wildman–Crippen MR) is 117 cm³/mol. The number of carboxylic acids is 1. The summed E-state index contributed by atoms with van der Waals surface area (Å²) in [6.45, 7) is 1.71. The summed E-state index contributed by atoms with van der Waals surface area (Å²) in [7, 11) is 2.21. The molecule has 1 unspecified atom stereocenters. The van der Waals surface area contributed by atoms with Crippen LogP contribution in [0.4, 0.5) is 9.59 Å². The van der Waals surface area contributed by atoms with Crippen molar-refractivity contribution in [2.24, 2.45) is 0 Å². The van der Waals surface area contributed by atoms with E-state index in [0.29, 0.717) is 11.1 Å². The molecule has 0 spiro atoms. The van der Waals surface area contributed by atoms with Crippen LogP contribution in [-0.2, 0) is 25.4 Å². The van der Waals surface area contributed by atoms with Crippen molar-refractivity contribution in [2.45, 2.75) is 25.5 Å². The van der Waals surface area contributed by atoms with Crippen molar-refractivity contribution in [3.63, 3.8) is 0 Å². The second-order valence-electron chi connectivity index (χ2n) is 6.98. The van der Waals surface area contributed by atoms with Gasteiger partial charge in [-0.15, -0.1) is 0 Å². The van der Waals surface area contributed by atoms with E-state index in [2.05, 4.69) is 14.8 Å². The van der Waals surface area contributed by atoms with Gasteiger partial charge in [-0.25, -0.2) is 14.4 Å². The monoisotopic (exact) mass is 475 g/mol. The number of carbonyl (C=O) groups is 4. The number of nitrogens with one attached hydrogen (secondary N) is 1. The first kappa shape index (κ1) is 26.1. The van der Waals surface area contributed by atoms with Gasteiger partial charge in [0.1, 0.15) is 12.1 Å². The Labute approximate surface area is 195 Å². The minimum absolute atomic E-state index is 0.0231. The van der Waals surface area contributed by atoms with Crippen LogP contribution in [0.25, 0.3) is 0 Å². The molecule has 0 saturated carbocycles. The lowest BCUT2D eigenvalue weighted by Gasteiger charge is -2.19. The maximum atomic E-state index is 12.1. The quantitative estimate of drug-likeness (QED) is 0.297. The summed E-state index contributed by atoms with van der Waals surface area (Å²) in [6.07, 6.45) is -2.73. The number of carbonyl (C=O) groups excluding carboxylic acids is 3. The molecule has 2 rings (SSSR count). The van der Waals surface area contributed by atoms with Crippen LogP contribution in [0.3, 0.4) is 0 Å². The van der Waals surface area contributed by atoms with Gasteiger partial charge in [0.2, 0.25) is 0 Å². The molecule has 2 aromatic carbocycles. The number of carboxylic acid groups (broad SMARTS) is 1. The molecule has 2 N–H and O–H groups in total. The smallest absolute Gasteiger partial charge is 0.480 e. The van der Waals surface area contributed by atoms with E-state index >= 15 is 0 Å². The largest absolute Gasteiger partial charge is 0.513 e. The Balaban J connectivity index is 2.06. The van der Waals surface area contributed by atoms with Crippen LogP contribution in [0.2, 0.25) is 0 Å². The van der Waals surface area contributed by atoms with Gasteiger partial charge in [-0.1, -0.05) is 24.3 Å². The molecule has 182 valence electrons. The Bertz CT molecular complexity index is 1010. The fraction of sp³-hybridized carbons (Fsp3) is 0.304. The second kappa shape index (κ2) is 12.8. The van der Waals surface area contributed by atoms with Crippen molar-refractivity contribution in [3.05, 3.63) is 59.7 Å². The second-order valence-corrected chi connectivity index (χ2v) is 6.98. The van der Waals surface area contributed by atoms with E-state index in [0.717, 1.165) is 14.2 Å². The normalized spacial score (nSPS) is 12.1. The van der Waals surface area contributed by atoms with Crippen LogP contribution in [0.15, 0.2) is 48.5 Å². The molecule has 2 atom stereocenters. The lowest BCUT2D eigenvalue weighted by Crippen LogP contribution is -2.42. The average Bonchev–Trinajstić information content (AvgIpc) is 2.83. The molecule has 0 bridgehead atoms. The number of aliphatic carboxylic acids is 1. The summed E-state index contributed by atoms with van der Waals surface area (Å²) in [6, 6.07) is 11.5. The third-order valence-corrected chi connectivity index (χ3v) is 4.44. The summed E-state index contributed by atoms with van der Waals surface area (Å²) < 4.78 is 24.1. The van der Waals surface area contributed by atoms with E-state index in [1.54, 1.807) is 37.3 Å². The Morgan fingerprint density at radius 2 is 1.53 bits per heavy atom. The molecule has 11 heteroatoms. The van der Waals surface area contributed by atoms with Gasteiger partial charge >= 0.3 is 24.2 Å². The molecular weight excluding hydrogens is 450 g/mol. The number of esters is 1. The number of rotatable bonds is 10. The first-order chi connectivity index (χ1) is 16.2. The van der Waals surface area contributed by atoms with Gasteiger partial charge in [-0.3, -0.25) is 4.79 Å². The Kier molecular flexibility index (Phi) is 9.84. The first-order valence-corrected chi connectivity index (χ1v) is 10.1. The highest BCUT2D eigenvalue weighted by atomic mass is 16.7. The van der Waals surface area contributed by atoms with E-state index in [1.807, 2.05) is 0 Å². The molecule has 0 amide bonds. The predicted octanol–water partition coefficient (Wildman–Crippen LogP) is 2.81. The summed E-state index contributed by atoms with van der Waals surface area (Å²) in [4.78, 5) is 46.9. The van der Waals surface area contributed by atoms with Gasteiger partial charge in [0.25, 0.3) is 0 Å². The fourth-order valence-electron chi connectivity index (χ4n) is 2.76. The van der Waals surface area contributed by atoms with Crippen LogP contribution in [0, 0.1) is 0 Å². The molecule has 0 aromatic heterocycles. The van der Waals surface area contributed by atoms with Crippen molar-refractivity contribution in [1.82, 2.24) is 5.32 Å². The molecule has 0 heterocycles. The lowest BCUT2D eigenvalue weighted by atomic mass is 10.0. The number of benzene rings is 2. The van der Waals surface area contributed by atoms with Gasteiger partial charge in [0.15, 0.2) is 11.5 Å². The van der Waals surface area contributed by atoms with Crippen LogP contribution < -0.4 is 14.8 Å². The molecule has 0 aliphatic carbocycles. The van der Waals surface area contributed by atoms with Gasteiger partial charge < -0.3 is 34.1 Å². The van der Waals surface area contributed by atoms with Crippen molar-refractivity contribution in [2.75, 3.05) is 20.8 Å². The highest BCUT2D eigenvalue weighted by Crippen LogP contribution is 2.30. The van der Waals surface area contributed by atoms with Crippen molar-refractivity contribution < 1.29 is 48.0 Å². The number of hydrogen-bond donors (Lipinski definition) is 2. The van der Waals surface area contributed by atoms with Gasteiger partial charge in [-0.05, 0) is 43.2 Å². The van der Waals surface area contributed by atoms with Crippen LogP contribution >= 0.6 is 0 Å². The van der Waals surface area contributed by atoms with Crippen LogP contribution in [-0.4, -0.2) is 62.3 Å². The summed E-state index contributed by atoms with van der Waals surface area (Å²) in [5.74, 6) is -1.95. The van der Waals surface area contributed by atoms with E-state index in [-0.39, 0.29) is 24.5 Å². The zero-order valence-electron chi connectivity index (χ0n) is 18.8. The van der Waals surface area contributed by atoms with Gasteiger partial charge in [0, 0.05) is 6.54 Å². The molecule has 0 radical (unpaired) electrons. The van der Waals surface area contributed by atoms with Crippen molar-refractivity contribution >= 4 is 24.2 Å². The lowest BCUT2D eigenvalue weighted by molar-refractivity contribution is -0.139. The topological polar surface area (TPSA) is 147 Å². The summed E-state index contributed by atoms with van der Waals surface area (Å²) in [5, 5.41) is 12.4. The molecular formula is C23H25NO10.